The molecule has 2 unspecified atom stereocenters. The fourth-order valence-corrected chi connectivity index (χ4v) is 1.20. The van der Waals surface area contributed by atoms with Crippen LogP contribution in [0, 0.1) is 5.41 Å². The van der Waals surface area contributed by atoms with E-state index in [0.29, 0.717) is 6.61 Å². The average Bonchev–Trinajstić information content (AvgIpc) is 2.86. The van der Waals surface area contributed by atoms with Gasteiger partial charge in [-0.05, 0) is 12.0 Å². The monoisotopic (exact) mass is 198 g/mol. The third-order valence-electron chi connectivity index (χ3n) is 2.40. The van der Waals surface area contributed by atoms with Crippen molar-refractivity contribution in [2.45, 2.75) is 19.4 Å². The van der Waals surface area contributed by atoms with Crippen molar-refractivity contribution in [3.8, 4) is 0 Å². The van der Waals surface area contributed by atoms with Crippen LogP contribution in [0.15, 0.2) is 12.2 Å². The molecule has 0 amide bonds. The number of carboxylic acid groups (broad SMARTS) is 2. The van der Waals surface area contributed by atoms with Gasteiger partial charge in [-0.3, -0.25) is 0 Å². The molecule has 1 fully saturated rings. The zero-order valence-electron chi connectivity index (χ0n) is 7.74. The predicted molar refractivity (Wildman–Crippen MR) is 41.6 cm³/mol. The van der Waals surface area contributed by atoms with Gasteiger partial charge < -0.3 is 24.5 Å². The first-order valence-corrected chi connectivity index (χ1v) is 4.11. The van der Waals surface area contributed by atoms with E-state index in [1.54, 1.807) is 0 Å². The van der Waals surface area contributed by atoms with Crippen molar-refractivity contribution >= 4 is 11.9 Å². The highest BCUT2D eigenvalue weighted by Gasteiger charge is 2.38. The fourth-order valence-electron chi connectivity index (χ4n) is 1.20. The minimum absolute atomic E-state index is 0.0577. The highest BCUT2D eigenvalue weighted by molar-refractivity contribution is 5.94. The Morgan fingerprint density at radius 2 is 2.07 bits per heavy atom. The summed E-state index contributed by atoms with van der Waals surface area (Å²) in [6.45, 7) is 4.89. The van der Waals surface area contributed by atoms with Crippen LogP contribution < -0.4 is 10.2 Å². The molecule has 0 aliphatic carbocycles. The van der Waals surface area contributed by atoms with Gasteiger partial charge in [0.2, 0.25) is 0 Å². The van der Waals surface area contributed by atoms with Crippen molar-refractivity contribution in [2.24, 2.45) is 5.41 Å². The second-order valence-electron chi connectivity index (χ2n) is 3.55. The topological polar surface area (TPSA) is 92.8 Å². The van der Waals surface area contributed by atoms with Crippen LogP contribution in [0.5, 0.6) is 0 Å². The first-order valence-electron chi connectivity index (χ1n) is 4.11. The number of rotatable bonds is 5. The third kappa shape index (κ3) is 1.93. The smallest absolute Gasteiger partial charge is 0.0822 e. The summed E-state index contributed by atoms with van der Waals surface area (Å²) in [5.41, 5.74) is -2.09. The van der Waals surface area contributed by atoms with Crippen LogP contribution >= 0.6 is 0 Å². The van der Waals surface area contributed by atoms with E-state index >= 15 is 0 Å². The van der Waals surface area contributed by atoms with Gasteiger partial charge in [0.15, 0.2) is 0 Å². The Morgan fingerprint density at radius 3 is 2.36 bits per heavy atom. The van der Waals surface area contributed by atoms with Crippen LogP contribution in [0.1, 0.15) is 13.3 Å². The van der Waals surface area contributed by atoms with Gasteiger partial charge in [-0.1, -0.05) is 13.5 Å². The zero-order chi connectivity index (χ0) is 10.9. The average molecular weight is 198 g/mol. The minimum Gasteiger partial charge on any atom is -0.549 e. The van der Waals surface area contributed by atoms with Crippen LogP contribution in [0.4, 0.5) is 0 Å². The molecule has 0 bridgehead atoms. The number of aliphatic carboxylic acids is 2. The maximum absolute atomic E-state index is 10.8. The summed E-state index contributed by atoms with van der Waals surface area (Å²) in [7, 11) is 0. The number of carboxylic acids is 2. The molecular weight excluding hydrogens is 188 g/mol. The lowest BCUT2D eigenvalue weighted by molar-refractivity contribution is -0.321. The molecular formula is C9H10O5-2. The SMILES string of the molecule is C=C(C(=O)[O-])C(C)(CC1CO1)C(=O)[O-]. The lowest BCUT2D eigenvalue weighted by atomic mass is 9.79. The third-order valence-corrected chi connectivity index (χ3v) is 2.40. The summed E-state index contributed by atoms with van der Waals surface area (Å²) < 4.78 is 4.84. The van der Waals surface area contributed by atoms with Crippen molar-refractivity contribution in [1.82, 2.24) is 0 Å². The highest BCUT2D eigenvalue weighted by atomic mass is 16.6. The Kier molecular flexibility index (Phi) is 2.62. The Balaban J connectivity index is 2.84. The Labute approximate surface area is 81.0 Å². The van der Waals surface area contributed by atoms with Gasteiger partial charge in [-0.15, -0.1) is 0 Å². The van der Waals surface area contributed by atoms with Gasteiger partial charge in [0.05, 0.1) is 24.6 Å². The summed E-state index contributed by atoms with van der Waals surface area (Å²) >= 11 is 0. The molecule has 0 radical (unpaired) electrons. The molecule has 0 aromatic heterocycles. The quantitative estimate of drug-likeness (QED) is 0.370. The number of epoxide rings is 1. The minimum atomic E-state index is -1.61. The maximum Gasteiger partial charge on any atom is 0.0822 e. The number of ether oxygens (including phenoxy) is 1. The molecule has 1 aliphatic heterocycles. The molecule has 5 nitrogen and oxygen atoms in total. The van der Waals surface area contributed by atoms with Crippen molar-refractivity contribution in [1.29, 1.82) is 0 Å². The molecule has 0 saturated carbocycles. The molecule has 2 atom stereocenters. The van der Waals surface area contributed by atoms with E-state index in [4.69, 9.17) is 4.74 Å². The van der Waals surface area contributed by atoms with E-state index in [1.165, 1.54) is 6.92 Å². The normalized spacial score (nSPS) is 23.6. The van der Waals surface area contributed by atoms with Gasteiger partial charge in [-0.2, -0.15) is 0 Å². The van der Waals surface area contributed by atoms with Crippen molar-refractivity contribution in [3.05, 3.63) is 12.2 Å². The summed E-state index contributed by atoms with van der Waals surface area (Å²) in [5.74, 6) is -3.04. The summed E-state index contributed by atoms with van der Waals surface area (Å²) in [6.07, 6.45) is -0.156. The van der Waals surface area contributed by atoms with Crippen molar-refractivity contribution in [2.75, 3.05) is 6.61 Å². The first kappa shape index (κ1) is 10.7. The predicted octanol–water partition coefficient (Wildman–Crippen LogP) is -2.16. The van der Waals surface area contributed by atoms with E-state index in [1.807, 2.05) is 0 Å². The van der Waals surface area contributed by atoms with Crippen LogP contribution in [0.2, 0.25) is 0 Å². The molecule has 0 N–H and O–H groups in total. The molecule has 78 valence electrons. The zero-order valence-corrected chi connectivity index (χ0v) is 7.74. The first-order chi connectivity index (χ1) is 6.38. The van der Waals surface area contributed by atoms with Crippen LogP contribution in [0.25, 0.3) is 0 Å². The van der Waals surface area contributed by atoms with Crippen molar-refractivity contribution in [3.63, 3.8) is 0 Å². The maximum atomic E-state index is 10.8. The number of carbonyl (C=O) groups excluding carboxylic acids is 2. The van der Waals surface area contributed by atoms with Gasteiger partial charge in [0, 0.05) is 5.41 Å². The molecule has 0 aromatic rings. The van der Waals surface area contributed by atoms with Crippen molar-refractivity contribution < 1.29 is 24.5 Å². The van der Waals surface area contributed by atoms with Gasteiger partial charge in [0.1, 0.15) is 0 Å². The Hall–Kier alpha value is -1.36. The van der Waals surface area contributed by atoms with Gasteiger partial charge in [-0.25, -0.2) is 0 Å². The number of hydrogen-bond acceptors (Lipinski definition) is 5. The number of hydrogen-bond donors (Lipinski definition) is 0. The second-order valence-corrected chi connectivity index (χ2v) is 3.55. The Bertz CT molecular complexity index is 292. The van der Waals surface area contributed by atoms with E-state index in [9.17, 15) is 19.8 Å². The van der Waals surface area contributed by atoms with E-state index < -0.39 is 22.9 Å². The molecule has 5 heteroatoms. The molecule has 0 spiro atoms. The van der Waals surface area contributed by atoms with Crippen LogP contribution in [0.3, 0.4) is 0 Å². The van der Waals surface area contributed by atoms with E-state index in [-0.39, 0.29) is 12.5 Å². The van der Waals surface area contributed by atoms with E-state index in [2.05, 4.69) is 6.58 Å². The lowest BCUT2D eigenvalue weighted by Crippen LogP contribution is -2.46. The summed E-state index contributed by atoms with van der Waals surface area (Å²) in [5, 5.41) is 21.3. The largest absolute Gasteiger partial charge is 0.549 e. The highest BCUT2D eigenvalue weighted by Crippen LogP contribution is 2.34. The van der Waals surface area contributed by atoms with Crippen LogP contribution in [-0.4, -0.2) is 24.6 Å². The lowest BCUT2D eigenvalue weighted by Gasteiger charge is -2.32. The molecule has 1 rings (SSSR count). The molecule has 1 saturated heterocycles. The van der Waals surface area contributed by atoms with E-state index in [0.717, 1.165) is 0 Å². The van der Waals surface area contributed by atoms with Gasteiger partial charge >= 0.3 is 0 Å². The molecule has 1 heterocycles. The fraction of sp³-hybridized carbons (Fsp3) is 0.556. The van der Waals surface area contributed by atoms with Crippen LogP contribution in [-0.2, 0) is 14.3 Å². The molecule has 0 aromatic carbocycles. The summed E-state index contributed by atoms with van der Waals surface area (Å²) in [6, 6.07) is 0. The molecule has 14 heavy (non-hydrogen) atoms. The molecule has 1 aliphatic rings. The summed E-state index contributed by atoms with van der Waals surface area (Å²) in [4.78, 5) is 21.3. The van der Waals surface area contributed by atoms with Gasteiger partial charge in [0.25, 0.3) is 0 Å². The standard InChI is InChI=1S/C9H12O5/c1-5(7(10)11)9(2,8(12)13)3-6-4-14-6/h6H,1,3-4H2,2H3,(H,10,11)(H,12,13)/p-2. The number of carbonyl (C=O) groups is 2. The Morgan fingerprint density at radius 1 is 1.57 bits per heavy atom. The second kappa shape index (κ2) is 3.42.